The number of aryl methyl sites for hydroxylation is 2. The fourth-order valence-corrected chi connectivity index (χ4v) is 3.27. The molecule has 0 saturated heterocycles. The fourth-order valence-electron chi connectivity index (χ4n) is 3.27. The van der Waals surface area contributed by atoms with Crippen molar-refractivity contribution in [3.05, 3.63) is 77.2 Å². The molecule has 3 rings (SSSR count). The van der Waals surface area contributed by atoms with Crippen LogP contribution in [0.1, 0.15) is 42.0 Å². The van der Waals surface area contributed by atoms with Gasteiger partial charge in [-0.3, -0.25) is 4.99 Å². The Kier molecular flexibility index (Phi) is 10.6. The molecule has 0 bridgehead atoms. The molecule has 0 spiro atoms. The minimum atomic E-state index is 0. The lowest BCUT2D eigenvalue weighted by Crippen LogP contribution is -2.37. The molecule has 3 aromatic rings. The fraction of sp³-hybridized carbons (Fsp3) is 0.375. The average Bonchev–Trinajstić information content (AvgIpc) is 3.14. The number of aliphatic imine (C=N–C) groups is 1. The molecule has 2 aromatic heterocycles. The smallest absolute Gasteiger partial charge is 0.191 e. The van der Waals surface area contributed by atoms with Gasteiger partial charge < -0.3 is 15.4 Å². The van der Waals surface area contributed by atoms with Crippen LogP contribution in [-0.4, -0.2) is 40.9 Å². The Morgan fingerprint density at radius 2 is 1.91 bits per heavy atom. The molecular weight excluding hydrogens is 515 g/mol. The SMILES string of the molecule is CN=C(NCCCOC(C)c1ccccc1)NCc1ccc(-n2nc(C)cc2C)nc1.I. The van der Waals surface area contributed by atoms with Gasteiger partial charge in [-0.1, -0.05) is 36.4 Å². The zero-order chi connectivity index (χ0) is 22.1. The summed E-state index contributed by atoms with van der Waals surface area (Å²) in [4.78, 5) is 8.82. The van der Waals surface area contributed by atoms with Crippen molar-refractivity contribution in [1.29, 1.82) is 0 Å². The highest BCUT2D eigenvalue weighted by atomic mass is 127. The van der Waals surface area contributed by atoms with Crippen LogP contribution in [0.3, 0.4) is 0 Å². The van der Waals surface area contributed by atoms with Crippen LogP contribution in [0.4, 0.5) is 0 Å². The first kappa shape index (κ1) is 25.8. The van der Waals surface area contributed by atoms with Gasteiger partial charge in [-0.2, -0.15) is 5.10 Å². The molecule has 2 heterocycles. The summed E-state index contributed by atoms with van der Waals surface area (Å²) in [5.74, 6) is 1.58. The van der Waals surface area contributed by atoms with E-state index in [0.29, 0.717) is 13.2 Å². The van der Waals surface area contributed by atoms with Crippen LogP contribution in [0.5, 0.6) is 0 Å². The van der Waals surface area contributed by atoms with E-state index >= 15 is 0 Å². The predicted molar refractivity (Wildman–Crippen MR) is 140 cm³/mol. The number of nitrogens with one attached hydrogen (secondary N) is 2. The molecule has 172 valence electrons. The van der Waals surface area contributed by atoms with Crippen LogP contribution < -0.4 is 10.6 Å². The lowest BCUT2D eigenvalue weighted by molar-refractivity contribution is 0.0646. The second kappa shape index (κ2) is 13.2. The van der Waals surface area contributed by atoms with Gasteiger partial charge in [0.15, 0.2) is 11.8 Å². The standard InChI is InChI=1S/C24H32N6O.HI/c1-18-15-19(2)30(29-18)23-12-11-21(16-27-23)17-28-24(25-4)26-13-8-14-31-20(3)22-9-6-5-7-10-22;/h5-7,9-12,15-16,20H,8,13-14,17H2,1-4H3,(H2,25,26,28);1H. The molecular formula is C24H33IN6O. The number of guanidine groups is 1. The number of halogens is 1. The molecule has 0 amide bonds. The van der Waals surface area contributed by atoms with Gasteiger partial charge in [-0.15, -0.1) is 24.0 Å². The van der Waals surface area contributed by atoms with Gasteiger partial charge >= 0.3 is 0 Å². The molecule has 2 N–H and O–H groups in total. The number of ether oxygens (including phenoxy) is 1. The zero-order valence-electron chi connectivity index (χ0n) is 19.2. The maximum atomic E-state index is 5.91. The van der Waals surface area contributed by atoms with Crippen molar-refractivity contribution in [3.63, 3.8) is 0 Å². The lowest BCUT2D eigenvalue weighted by atomic mass is 10.1. The van der Waals surface area contributed by atoms with E-state index in [9.17, 15) is 0 Å². The third-order valence-electron chi connectivity index (χ3n) is 4.97. The molecule has 1 unspecified atom stereocenters. The summed E-state index contributed by atoms with van der Waals surface area (Å²) in [5.41, 5.74) is 4.33. The summed E-state index contributed by atoms with van der Waals surface area (Å²) in [7, 11) is 1.77. The van der Waals surface area contributed by atoms with Gasteiger partial charge in [-0.05, 0) is 50.5 Å². The lowest BCUT2D eigenvalue weighted by Gasteiger charge is -2.15. The largest absolute Gasteiger partial charge is 0.374 e. The summed E-state index contributed by atoms with van der Waals surface area (Å²) < 4.78 is 7.77. The number of rotatable bonds is 9. The quantitative estimate of drug-likeness (QED) is 0.180. The predicted octanol–water partition coefficient (Wildman–Crippen LogP) is 4.34. The Bertz CT molecular complexity index is 972. The molecule has 1 atom stereocenters. The molecule has 0 aliphatic heterocycles. The van der Waals surface area contributed by atoms with Crippen LogP contribution in [0, 0.1) is 13.8 Å². The first-order chi connectivity index (χ1) is 15.1. The van der Waals surface area contributed by atoms with Crippen molar-refractivity contribution < 1.29 is 4.74 Å². The van der Waals surface area contributed by atoms with Crippen molar-refractivity contribution in [2.24, 2.45) is 4.99 Å². The molecule has 0 fully saturated rings. The third-order valence-corrected chi connectivity index (χ3v) is 4.97. The first-order valence-corrected chi connectivity index (χ1v) is 10.7. The second-order valence-electron chi connectivity index (χ2n) is 7.49. The van der Waals surface area contributed by atoms with Crippen molar-refractivity contribution in [2.45, 2.75) is 39.8 Å². The van der Waals surface area contributed by atoms with Crippen LogP contribution in [0.2, 0.25) is 0 Å². The number of aromatic nitrogens is 3. The highest BCUT2D eigenvalue weighted by Crippen LogP contribution is 2.15. The highest BCUT2D eigenvalue weighted by molar-refractivity contribution is 14.0. The number of hydrogen-bond donors (Lipinski definition) is 2. The summed E-state index contributed by atoms with van der Waals surface area (Å²) in [5, 5.41) is 11.1. The average molecular weight is 548 g/mol. The van der Waals surface area contributed by atoms with E-state index in [2.05, 4.69) is 50.8 Å². The van der Waals surface area contributed by atoms with Gasteiger partial charge in [0.2, 0.25) is 0 Å². The zero-order valence-corrected chi connectivity index (χ0v) is 21.5. The summed E-state index contributed by atoms with van der Waals surface area (Å²) in [6.07, 6.45) is 2.87. The number of nitrogens with zero attached hydrogens (tertiary/aromatic N) is 4. The third kappa shape index (κ3) is 7.59. The normalized spacial score (nSPS) is 12.2. The van der Waals surface area contributed by atoms with E-state index in [1.807, 2.05) is 55.1 Å². The summed E-state index contributed by atoms with van der Waals surface area (Å²) >= 11 is 0. The topological polar surface area (TPSA) is 76.4 Å². The van der Waals surface area contributed by atoms with E-state index in [1.54, 1.807) is 7.05 Å². The molecule has 0 aliphatic rings. The molecule has 0 saturated carbocycles. The maximum Gasteiger partial charge on any atom is 0.191 e. The minimum absolute atomic E-state index is 0. The van der Waals surface area contributed by atoms with Crippen molar-refractivity contribution in [3.8, 4) is 5.82 Å². The molecule has 1 aromatic carbocycles. The Morgan fingerprint density at radius 3 is 2.53 bits per heavy atom. The molecule has 8 heteroatoms. The van der Waals surface area contributed by atoms with Crippen LogP contribution >= 0.6 is 24.0 Å². The van der Waals surface area contributed by atoms with E-state index in [4.69, 9.17) is 4.74 Å². The Morgan fingerprint density at radius 1 is 1.12 bits per heavy atom. The number of pyridine rings is 1. The van der Waals surface area contributed by atoms with Gasteiger partial charge in [-0.25, -0.2) is 9.67 Å². The Balaban J connectivity index is 0.00000363. The number of hydrogen-bond acceptors (Lipinski definition) is 4. The molecule has 0 aliphatic carbocycles. The van der Waals surface area contributed by atoms with Crippen LogP contribution in [0.25, 0.3) is 5.82 Å². The Labute approximate surface area is 207 Å². The van der Waals surface area contributed by atoms with Gasteiger partial charge in [0.25, 0.3) is 0 Å². The van der Waals surface area contributed by atoms with Gasteiger partial charge in [0.05, 0.1) is 11.8 Å². The molecule has 7 nitrogen and oxygen atoms in total. The van der Waals surface area contributed by atoms with E-state index in [0.717, 1.165) is 41.7 Å². The summed E-state index contributed by atoms with van der Waals surface area (Å²) in [6, 6.07) is 16.4. The number of benzene rings is 1. The van der Waals surface area contributed by atoms with Gasteiger partial charge in [0.1, 0.15) is 0 Å². The first-order valence-electron chi connectivity index (χ1n) is 10.7. The highest BCUT2D eigenvalue weighted by Gasteiger charge is 2.06. The minimum Gasteiger partial charge on any atom is -0.374 e. The van der Waals surface area contributed by atoms with Crippen molar-refractivity contribution in [1.82, 2.24) is 25.4 Å². The summed E-state index contributed by atoms with van der Waals surface area (Å²) in [6.45, 7) is 8.22. The van der Waals surface area contributed by atoms with E-state index < -0.39 is 0 Å². The second-order valence-corrected chi connectivity index (χ2v) is 7.49. The molecule has 0 radical (unpaired) electrons. The Hall–Kier alpha value is -2.46. The van der Waals surface area contributed by atoms with Crippen molar-refractivity contribution in [2.75, 3.05) is 20.2 Å². The van der Waals surface area contributed by atoms with Crippen molar-refractivity contribution >= 4 is 29.9 Å². The molecule has 32 heavy (non-hydrogen) atoms. The van der Waals surface area contributed by atoms with Gasteiger partial charge in [0, 0.05) is 38.6 Å². The van der Waals surface area contributed by atoms with E-state index in [1.165, 1.54) is 5.56 Å². The van der Waals surface area contributed by atoms with Crippen LogP contribution in [-0.2, 0) is 11.3 Å². The van der Waals surface area contributed by atoms with E-state index in [-0.39, 0.29) is 30.1 Å². The van der Waals surface area contributed by atoms with Crippen LogP contribution in [0.15, 0.2) is 59.7 Å². The maximum absolute atomic E-state index is 5.91. The monoisotopic (exact) mass is 548 g/mol.